The van der Waals surface area contributed by atoms with E-state index in [-0.39, 0.29) is 17.7 Å². The zero-order valence-corrected chi connectivity index (χ0v) is 18.0. The van der Waals surface area contributed by atoms with Crippen molar-refractivity contribution in [2.45, 2.75) is 32.2 Å². The molecule has 8 heteroatoms. The Morgan fingerprint density at radius 1 is 1.03 bits per heavy atom. The average molecular weight is 428 g/mol. The normalized spacial score (nSPS) is 11.6. The first-order valence-corrected chi connectivity index (χ1v) is 11.2. The van der Waals surface area contributed by atoms with Crippen LogP contribution in [0, 0.1) is 0 Å². The second-order valence-corrected chi connectivity index (χ2v) is 9.04. The predicted octanol–water partition coefficient (Wildman–Crippen LogP) is 3.00. The zero-order valence-electron chi connectivity index (χ0n) is 17.2. The highest BCUT2D eigenvalue weighted by molar-refractivity contribution is 7.88. The van der Waals surface area contributed by atoms with Crippen molar-refractivity contribution >= 4 is 26.8 Å². The van der Waals surface area contributed by atoms with E-state index in [1.165, 1.54) is 0 Å². The van der Waals surface area contributed by atoms with Gasteiger partial charge in [0, 0.05) is 18.0 Å². The van der Waals surface area contributed by atoms with Gasteiger partial charge in [-0.05, 0) is 49.2 Å². The molecule has 0 unspecified atom stereocenters. The minimum absolute atomic E-state index is 0.0797. The highest BCUT2D eigenvalue weighted by Crippen LogP contribution is 2.19. The van der Waals surface area contributed by atoms with Gasteiger partial charge < -0.3 is 10.1 Å². The number of carbonyl (C=O) groups excluding carboxylic acids is 1. The molecule has 0 fully saturated rings. The summed E-state index contributed by atoms with van der Waals surface area (Å²) in [5.41, 5.74) is 2.59. The highest BCUT2D eigenvalue weighted by Gasteiger charge is 2.13. The Morgan fingerprint density at radius 2 is 1.73 bits per heavy atom. The monoisotopic (exact) mass is 427 g/mol. The van der Waals surface area contributed by atoms with Gasteiger partial charge in [-0.1, -0.05) is 30.3 Å². The van der Waals surface area contributed by atoms with E-state index in [4.69, 9.17) is 4.74 Å². The Labute approximate surface area is 176 Å². The molecule has 3 rings (SSSR count). The van der Waals surface area contributed by atoms with Crippen LogP contribution in [0.4, 0.5) is 0 Å². The number of nitrogens with zero attached hydrogens (tertiary/aromatic N) is 1. The second kappa shape index (κ2) is 9.23. The third-order valence-electron chi connectivity index (χ3n) is 4.38. The van der Waals surface area contributed by atoms with Crippen molar-refractivity contribution in [3.63, 3.8) is 0 Å². The zero-order chi connectivity index (χ0) is 21.7. The fourth-order valence-electron chi connectivity index (χ4n) is 3.00. The lowest BCUT2D eigenvalue weighted by Crippen LogP contribution is -2.31. The summed E-state index contributed by atoms with van der Waals surface area (Å²) in [5, 5.41) is 3.73. The number of hydrogen-bond donors (Lipinski definition) is 2. The van der Waals surface area contributed by atoms with E-state index in [9.17, 15) is 13.2 Å². The third kappa shape index (κ3) is 5.77. The second-order valence-electron chi connectivity index (χ2n) is 7.29. The molecular formula is C22H25N3O4S. The van der Waals surface area contributed by atoms with Crippen LogP contribution in [0.3, 0.4) is 0 Å². The lowest BCUT2D eigenvalue weighted by Gasteiger charge is -2.10. The molecule has 0 aliphatic rings. The Kier molecular flexibility index (Phi) is 6.69. The summed E-state index contributed by atoms with van der Waals surface area (Å²) in [7, 11) is -1.77. The third-order valence-corrected chi connectivity index (χ3v) is 5.92. The summed E-state index contributed by atoms with van der Waals surface area (Å²) in [5.74, 6) is 0.377. The number of fused-ring (bicyclic) bond motifs is 1. The minimum Gasteiger partial charge on any atom is -0.497 e. The molecule has 0 bridgehead atoms. The van der Waals surface area contributed by atoms with Gasteiger partial charge in [-0.15, -0.1) is 0 Å². The predicted molar refractivity (Wildman–Crippen MR) is 117 cm³/mol. The number of pyridine rings is 1. The van der Waals surface area contributed by atoms with Crippen molar-refractivity contribution < 1.29 is 17.9 Å². The van der Waals surface area contributed by atoms with Crippen LogP contribution in [0.25, 0.3) is 10.9 Å². The van der Waals surface area contributed by atoms with E-state index in [2.05, 4.69) is 15.0 Å². The molecule has 0 saturated carbocycles. The molecule has 0 radical (unpaired) electrons. The molecular weight excluding hydrogens is 402 g/mol. The summed E-state index contributed by atoms with van der Waals surface area (Å²) < 4.78 is 31.8. The van der Waals surface area contributed by atoms with Crippen molar-refractivity contribution in [1.82, 2.24) is 15.0 Å². The lowest BCUT2D eigenvalue weighted by atomic mass is 10.1. The van der Waals surface area contributed by atoms with Crippen LogP contribution >= 0.6 is 0 Å². The molecule has 0 aliphatic heterocycles. The number of hydrogen-bond acceptors (Lipinski definition) is 5. The molecule has 7 nitrogen and oxygen atoms in total. The molecule has 158 valence electrons. The summed E-state index contributed by atoms with van der Waals surface area (Å²) in [6.45, 7) is 3.88. The first-order valence-electron chi connectivity index (χ1n) is 9.56. The maximum Gasteiger partial charge on any atom is 0.270 e. The summed E-state index contributed by atoms with van der Waals surface area (Å²) in [4.78, 5) is 16.9. The molecule has 2 N–H and O–H groups in total. The van der Waals surface area contributed by atoms with Gasteiger partial charge in [0.2, 0.25) is 10.0 Å². The van der Waals surface area contributed by atoms with Crippen molar-refractivity contribution in [3.05, 3.63) is 71.4 Å². The number of nitrogens with one attached hydrogen (secondary N) is 2. The lowest BCUT2D eigenvalue weighted by molar-refractivity contribution is 0.0946. The molecule has 3 aromatic rings. The van der Waals surface area contributed by atoms with E-state index >= 15 is 0 Å². The number of methoxy groups -OCH3 is 1. The standard InChI is InChI=1S/C22H25N3O4S/c1-15(2)25-30(27,28)14-17-6-4-16(5-7-17)13-23-22(26)21-10-8-18-12-19(29-3)9-11-20(18)24-21/h4-12,15,25H,13-14H2,1-3H3,(H,23,26). The van der Waals surface area contributed by atoms with Crippen LogP contribution < -0.4 is 14.8 Å². The summed E-state index contributed by atoms with van der Waals surface area (Å²) >= 11 is 0. The topological polar surface area (TPSA) is 97.4 Å². The van der Waals surface area contributed by atoms with Crippen LogP contribution in [-0.4, -0.2) is 32.5 Å². The van der Waals surface area contributed by atoms with E-state index in [1.807, 2.05) is 18.2 Å². The Balaban J connectivity index is 1.61. The van der Waals surface area contributed by atoms with Gasteiger partial charge in [0.15, 0.2) is 0 Å². The fraction of sp³-hybridized carbons (Fsp3) is 0.273. The Hall–Kier alpha value is -2.97. The summed E-state index contributed by atoms with van der Waals surface area (Å²) in [6.07, 6.45) is 0. The van der Waals surface area contributed by atoms with Gasteiger partial charge in [-0.3, -0.25) is 4.79 Å². The van der Waals surface area contributed by atoms with Gasteiger partial charge in [0.05, 0.1) is 18.4 Å². The van der Waals surface area contributed by atoms with Gasteiger partial charge in [0.25, 0.3) is 5.91 Å². The van der Waals surface area contributed by atoms with Crippen molar-refractivity contribution in [2.75, 3.05) is 7.11 Å². The van der Waals surface area contributed by atoms with Gasteiger partial charge in [-0.2, -0.15) is 0 Å². The molecule has 0 spiro atoms. The molecule has 1 amide bonds. The number of amides is 1. The largest absolute Gasteiger partial charge is 0.497 e. The molecule has 30 heavy (non-hydrogen) atoms. The first kappa shape index (κ1) is 21.7. The maximum absolute atomic E-state index is 12.5. The highest BCUT2D eigenvalue weighted by atomic mass is 32.2. The molecule has 1 aromatic heterocycles. The number of rotatable bonds is 8. The van der Waals surface area contributed by atoms with E-state index < -0.39 is 10.0 Å². The van der Waals surface area contributed by atoms with Gasteiger partial charge in [0.1, 0.15) is 11.4 Å². The van der Waals surface area contributed by atoms with E-state index in [0.717, 1.165) is 16.7 Å². The van der Waals surface area contributed by atoms with Gasteiger partial charge in [-0.25, -0.2) is 18.1 Å². The molecule has 0 aliphatic carbocycles. The van der Waals surface area contributed by atoms with Crippen LogP contribution in [0.5, 0.6) is 5.75 Å². The number of benzene rings is 2. The van der Waals surface area contributed by atoms with Crippen LogP contribution in [0.1, 0.15) is 35.5 Å². The van der Waals surface area contributed by atoms with Crippen molar-refractivity contribution in [3.8, 4) is 5.75 Å². The van der Waals surface area contributed by atoms with E-state index in [1.54, 1.807) is 57.4 Å². The summed E-state index contributed by atoms with van der Waals surface area (Å²) in [6, 6.07) is 16.0. The van der Waals surface area contributed by atoms with Crippen LogP contribution in [0.2, 0.25) is 0 Å². The van der Waals surface area contributed by atoms with Crippen molar-refractivity contribution in [1.29, 1.82) is 0 Å². The molecule has 0 saturated heterocycles. The average Bonchev–Trinajstić information content (AvgIpc) is 2.71. The van der Waals surface area contributed by atoms with Crippen LogP contribution in [0.15, 0.2) is 54.6 Å². The smallest absolute Gasteiger partial charge is 0.270 e. The Morgan fingerprint density at radius 3 is 2.40 bits per heavy atom. The number of carbonyl (C=O) groups is 1. The first-order chi connectivity index (χ1) is 14.3. The number of aromatic nitrogens is 1. The SMILES string of the molecule is COc1ccc2nc(C(=O)NCc3ccc(CS(=O)(=O)NC(C)C)cc3)ccc2c1. The molecule has 1 heterocycles. The van der Waals surface area contributed by atoms with E-state index in [0.29, 0.717) is 23.3 Å². The number of sulfonamides is 1. The quantitative estimate of drug-likeness (QED) is 0.576. The maximum atomic E-state index is 12.5. The number of ether oxygens (including phenoxy) is 1. The minimum atomic E-state index is -3.37. The Bertz CT molecular complexity index is 1140. The van der Waals surface area contributed by atoms with Gasteiger partial charge >= 0.3 is 0 Å². The van der Waals surface area contributed by atoms with Crippen LogP contribution in [-0.2, 0) is 22.3 Å². The molecule has 2 aromatic carbocycles. The molecule has 0 atom stereocenters. The van der Waals surface area contributed by atoms with Crippen molar-refractivity contribution in [2.24, 2.45) is 0 Å². The fourth-order valence-corrected chi connectivity index (χ4v) is 4.44.